The van der Waals surface area contributed by atoms with Crippen LogP contribution in [0.25, 0.3) is 11.1 Å². The highest BCUT2D eigenvalue weighted by Crippen LogP contribution is 2.38. The third kappa shape index (κ3) is 6.64. The fourth-order valence-electron chi connectivity index (χ4n) is 3.56. The number of rotatable bonds is 9. The number of aryl methyl sites for hydroxylation is 1. The van der Waals surface area contributed by atoms with Gasteiger partial charge in [-0.2, -0.15) is 0 Å². The number of ether oxygens (including phenoxy) is 2. The van der Waals surface area contributed by atoms with Crippen molar-refractivity contribution >= 4 is 43.4 Å². The topological polar surface area (TPSA) is 108 Å². The molecular formula is C26H27BrClN5O4S. The monoisotopic (exact) mass is 619 g/mol. The summed E-state index contributed by atoms with van der Waals surface area (Å²) in [5.74, 6) is 0.482. The lowest BCUT2D eigenvalue weighted by molar-refractivity contribution is 0.201. The molecule has 38 heavy (non-hydrogen) atoms. The zero-order chi connectivity index (χ0) is 27.5. The van der Waals surface area contributed by atoms with Gasteiger partial charge < -0.3 is 9.47 Å². The lowest BCUT2D eigenvalue weighted by Crippen LogP contribution is -2.17. The molecule has 12 heteroatoms. The Labute approximate surface area is 235 Å². The number of halogens is 2. The fraction of sp³-hybridized carbons (Fsp3) is 0.269. The molecule has 0 aliphatic heterocycles. The highest BCUT2D eigenvalue weighted by atomic mass is 79.9. The molecule has 2 aromatic heterocycles. The first-order valence-corrected chi connectivity index (χ1v) is 14.3. The Balaban J connectivity index is 1.60. The van der Waals surface area contributed by atoms with E-state index in [-0.39, 0.29) is 41.2 Å². The summed E-state index contributed by atoms with van der Waals surface area (Å²) < 4.78 is 43.0. The summed E-state index contributed by atoms with van der Waals surface area (Å²) in [6.45, 7) is 6.49. The molecule has 0 aliphatic rings. The molecule has 0 radical (unpaired) electrons. The third-order valence-electron chi connectivity index (χ3n) is 5.56. The van der Waals surface area contributed by atoms with Gasteiger partial charge in [0.25, 0.3) is 10.0 Å². The van der Waals surface area contributed by atoms with E-state index in [1.165, 1.54) is 4.68 Å². The van der Waals surface area contributed by atoms with Crippen molar-refractivity contribution in [2.24, 2.45) is 7.05 Å². The van der Waals surface area contributed by atoms with E-state index in [1.54, 1.807) is 55.8 Å². The molecule has 2 aromatic carbocycles. The van der Waals surface area contributed by atoms with Crippen LogP contribution in [0.3, 0.4) is 0 Å². The van der Waals surface area contributed by atoms with E-state index in [4.69, 9.17) is 21.1 Å². The Morgan fingerprint density at radius 1 is 0.974 bits per heavy atom. The molecule has 0 fully saturated rings. The number of nitrogens with zero attached hydrogens (tertiary/aromatic N) is 4. The molecule has 0 aliphatic carbocycles. The molecule has 200 valence electrons. The standard InChI is InChI=1S/C26H27BrClN5O4S/c1-26(2,3)18-7-11-21(12-8-18)38(34,35)32-23-22(17-5-9-20(28)10-6-17)24(31-33(23)4)36-13-14-37-25-29-15-19(27)16-30-25/h5-12,15-16,32H,13-14H2,1-4H3. The largest absolute Gasteiger partial charge is 0.472 e. The zero-order valence-electron chi connectivity index (χ0n) is 21.3. The molecule has 4 aromatic rings. The quantitative estimate of drug-likeness (QED) is 0.234. The fourth-order valence-corrected chi connectivity index (χ4v) is 4.99. The van der Waals surface area contributed by atoms with Gasteiger partial charge in [-0.25, -0.2) is 23.1 Å². The Bertz CT molecular complexity index is 1500. The van der Waals surface area contributed by atoms with Gasteiger partial charge in [-0.3, -0.25) is 4.72 Å². The van der Waals surface area contributed by atoms with Gasteiger partial charge in [0, 0.05) is 24.5 Å². The van der Waals surface area contributed by atoms with Gasteiger partial charge in [0.15, 0.2) is 0 Å². The normalized spacial score (nSPS) is 11.8. The van der Waals surface area contributed by atoms with Crippen LogP contribution in [-0.4, -0.2) is 41.4 Å². The second-order valence-corrected chi connectivity index (χ2v) is 12.5. The Morgan fingerprint density at radius 3 is 2.18 bits per heavy atom. The van der Waals surface area contributed by atoms with Crippen molar-refractivity contribution in [1.82, 2.24) is 19.7 Å². The first-order valence-electron chi connectivity index (χ1n) is 11.6. The van der Waals surface area contributed by atoms with Crippen molar-refractivity contribution in [3.63, 3.8) is 0 Å². The minimum absolute atomic E-state index is 0.0983. The predicted octanol–water partition coefficient (Wildman–Crippen LogP) is 5.85. The van der Waals surface area contributed by atoms with Crippen molar-refractivity contribution in [3.8, 4) is 23.0 Å². The molecule has 2 heterocycles. The highest BCUT2D eigenvalue weighted by molar-refractivity contribution is 9.10. The van der Waals surface area contributed by atoms with Crippen molar-refractivity contribution in [3.05, 3.63) is 76.0 Å². The number of aromatic nitrogens is 4. The zero-order valence-corrected chi connectivity index (χ0v) is 24.4. The Morgan fingerprint density at radius 2 is 1.58 bits per heavy atom. The second-order valence-electron chi connectivity index (χ2n) is 9.42. The van der Waals surface area contributed by atoms with Crippen LogP contribution in [0, 0.1) is 0 Å². The van der Waals surface area contributed by atoms with E-state index in [0.717, 1.165) is 10.0 Å². The number of nitrogens with one attached hydrogen (secondary N) is 1. The van der Waals surface area contributed by atoms with Gasteiger partial charge in [-0.15, -0.1) is 5.10 Å². The van der Waals surface area contributed by atoms with Gasteiger partial charge in [0.1, 0.15) is 19.0 Å². The Kier molecular flexibility index (Phi) is 8.29. The van der Waals surface area contributed by atoms with Crippen molar-refractivity contribution in [1.29, 1.82) is 0 Å². The summed E-state index contributed by atoms with van der Waals surface area (Å²) in [4.78, 5) is 8.25. The number of benzene rings is 2. The maximum absolute atomic E-state index is 13.4. The van der Waals surface area contributed by atoms with Crippen LogP contribution < -0.4 is 14.2 Å². The van der Waals surface area contributed by atoms with E-state index < -0.39 is 10.0 Å². The summed E-state index contributed by atoms with van der Waals surface area (Å²) in [5.41, 5.74) is 2.08. The van der Waals surface area contributed by atoms with Crippen LogP contribution in [0.1, 0.15) is 26.3 Å². The van der Waals surface area contributed by atoms with Crippen LogP contribution in [-0.2, 0) is 22.5 Å². The summed E-state index contributed by atoms with van der Waals surface area (Å²) in [7, 11) is -2.29. The minimum atomic E-state index is -3.93. The summed E-state index contributed by atoms with van der Waals surface area (Å²) in [6.07, 6.45) is 3.16. The van der Waals surface area contributed by atoms with Gasteiger partial charge >= 0.3 is 6.01 Å². The van der Waals surface area contributed by atoms with E-state index >= 15 is 0 Å². The summed E-state index contributed by atoms with van der Waals surface area (Å²) >= 11 is 9.37. The second kappa shape index (κ2) is 11.3. The lowest BCUT2D eigenvalue weighted by atomic mass is 9.87. The minimum Gasteiger partial charge on any atom is -0.472 e. The van der Waals surface area contributed by atoms with Crippen LogP contribution in [0.2, 0.25) is 5.02 Å². The number of hydrogen-bond donors (Lipinski definition) is 1. The molecule has 9 nitrogen and oxygen atoms in total. The first-order chi connectivity index (χ1) is 17.9. The molecule has 0 bridgehead atoms. The predicted molar refractivity (Wildman–Crippen MR) is 150 cm³/mol. The van der Waals surface area contributed by atoms with Crippen molar-refractivity contribution in [2.45, 2.75) is 31.1 Å². The molecule has 0 saturated heterocycles. The highest BCUT2D eigenvalue weighted by Gasteiger charge is 2.25. The van der Waals surface area contributed by atoms with Crippen molar-refractivity contribution < 1.29 is 17.9 Å². The van der Waals surface area contributed by atoms with Crippen LogP contribution in [0.15, 0.2) is 70.3 Å². The average Bonchev–Trinajstić information content (AvgIpc) is 3.17. The molecule has 1 N–H and O–H groups in total. The third-order valence-corrected chi connectivity index (χ3v) is 7.58. The molecule has 0 atom stereocenters. The number of sulfonamides is 1. The van der Waals surface area contributed by atoms with Crippen molar-refractivity contribution in [2.75, 3.05) is 17.9 Å². The molecule has 0 unspecified atom stereocenters. The molecule has 0 saturated carbocycles. The lowest BCUT2D eigenvalue weighted by Gasteiger charge is -2.19. The number of hydrogen-bond acceptors (Lipinski definition) is 7. The van der Waals surface area contributed by atoms with E-state index in [9.17, 15) is 8.42 Å². The molecule has 0 amide bonds. The van der Waals surface area contributed by atoms with Crippen LogP contribution >= 0.6 is 27.5 Å². The maximum Gasteiger partial charge on any atom is 0.316 e. The SMILES string of the molecule is Cn1nc(OCCOc2ncc(Br)cn2)c(-c2ccc(Cl)cc2)c1NS(=O)(=O)c1ccc(C(C)(C)C)cc1. The van der Waals surface area contributed by atoms with Crippen LogP contribution in [0.4, 0.5) is 5.82 Å². The Hall–Kier alpha value is -3.15. The smallest absolute Gasteiger partial charge is 0.316 e. The number of anilines is 1. The van der Waals surface area contributed by atoms with Gasteiger partial charge in [-0.1, -0.05) is 56.6 Å². The van der Waals surface area contributed by atoms with Gasteiger partial charge in [0.2, 0.25) is 5.88 Å². The molecular weight excluding hydrogens is 594 g/mol. The maximum atomic E-state index is 13.4. The molecule has 4 rings (SSSR count). The van der Waals surface area contributed by atoms with Crippen LogP contribution in [0.5, 0.6) is 11.9 Å². The van der Waals surface area contributed by atoms with Gasteiger partial charge in [0.05, 0.1) is 14.9 Å². The van der Waals surface area contributed by atoms with E-state index in [0.29, 0.717) is 16.1 Å². The molecule has 0 spiro atoms. The van der Waals surface area contributed by atoms with E-state index in [2.05, 4.69) is 56.5 Å². The first kappa shape index (κ1) is 27.9. The van der Waals surface area contributed by atoms with E-state index in [1.807, 2.05) is 12.1 Å². The summed E-state index contributed by atoms with van der Waals surface area (Å²) in [6, 6.07) is 14.0. The average molecular weight is 621 g/mol. The summed E-state index contributed by atoms with van der Waals surface area (Å²) in [5, 5.41) is 4.98. The van der Waals surface area contributed by atoms with Gasteiger partial charge in [-0.05, 0) is 56.7 Å².